The summed E-state index contributed by atoms with van der Waals surface area (Å²) in [6.45, 7) is 6.86. The highest BCUT2D eigenvalue weighted by Gasteiger charge is 2.33. The highest BCUT2D eigenvalue weighted by atomic mass is 32.2. The molecule has 0 amide bonds. The number of nitrogens with zero attached hydrogens (tertiary/aromatic N) is 2. The monoisotopic (exact) mass is 352 g/mol. The molecule has 0 N–H and O–H groups in total. The van der Waals surface area contributed by atoms with Crippen LogP contribution >= 0.6 is 23.3 Å². The van der Waals surface area contributed by atoms with Gasteiger partial charge in [0.05, 0.1) is 6.61 Å². The van der Waals surface area contributed by atoms with Crippen molar-refractivity contribution < 1.29 is 14.2 Å². The van der Waals surface area contributed by atoms with Gasteiger partial charge in [-0.25, -0.2) is 0 Å². The van der Waals surface area contributed by atoms with Crippen LogP contribution in [0, 0.1) is 6.92 Å². The molecule has 0 saturated carbocycles. The Balaban J connectivity index is 1.45. The van der Waals surface area contributed by atoms with Crippen LogP contribution < -0.4 is 4.74 Å². The number of hydrogen-bond donors (Lipinski definition) is 0. The van der Waals surface area contributed by atoms with Crippen molar-refractivity contribution in [3.05, 3.63) is 35.4 Å². The van der Waals surface area contributed by atoms with E-state index >= 15 is 0 Å². The molecule has 1 fully saturated rings. The number of ether oxygens (including phenoxy) is 3. The Morgan fingerprint density at radius 1 is 1.35 bits per heavy atom. The molecule has 0 radical (unpaired) electrons. The van der Waals surface area contributed by atoms with Crippen molar-refractivity contribution >= 4 is 23.3 Å². The molecule has 1 aliphatic heterocycles. The Kier molecular flexibility index (Phi) is 5.21. The first kappa shape index (κ1) is 16.7. The maximum Gasteiger partial charge on any atom is 0.294 e. The maximum atomic E-state index is 5.70. The minimum atomic E-state index is -0.524. The fourth-order valence-corrected chi connectivity index (χ4v) is 3.62. The van der Waals surface area contributed by atoms with Crippen LogP contribution in [0.1, 0.15) is 25.0 Å². The van der Waals surface area contributed by atoms with E-state index in [-0.39, 0.29) is 6.10 Å². The lowest BCUT2D eigenvalue weighted by atomic mass is 10.2. The van der Waals surface area contributed by atoms with E-state index in [1.165, 1.54) is 22.7 Å². The van der Waals surface area contributed by atoms with Crippen molar-refractivity contribution in [2.24, 2.45) is 0 Å². The van der Waals surface area contributed by atoms with Gasteiger partial charge in [0.2, 0.25) is 5.16 Å². The summed E-state index contributed by atoms with van der Waals surface area (Å²) in [6.07, 6.45) is -0.0578. The molecule has 1 aromatic carbocycles. The summed E-state index contributed by atoms with van der Waals surface area (Å²) in [5.41, 5.74) is 2.53. The minimum Gasteiger partial charge on any atom is -0.466 e. The minimum absolute atomic E-state index is 0.0578. The molecule has 23 heavy (non-hydrogen) atoms. The third kappa shape index (κ3) is 4.91. The van der Waals surface area contributed by atoms with Crippen molar-refractivity contribution in [2.75, 3.05) is 13.2 Å². The molecule has 1 saturated heterocycles. The van der Waals surface area contributed by atoms with Crippen molar-refractivity contribution in [2.45, 2.75) is 43.6 Å². The molecule has 1 aromatic heterocycles. The molecule has 1 atom stereocenters. The summed E-state index contributed by atoms with van der Waals surface area (Å²) < 4.78 is 21.2. The van der Waals surface area contributed by atoms with Crippen LogP contribution in [0.2, 0.25) is 0 Å². The number of benzene rings is 1. The first-order chi connectivity index (χ1) is 11.0. The Morgan fingerprint density at radius 2 is 2.13 bits per heavy atom. The molecule has 0 aliphatic carbocycles. The lowest BCUT2D eigenvalue weighted by molar-refractivity contribution is -0.141. The zero-order chi connectivity index (χ0) is 16.3. The second-order valence-electron chi connectivity index (χ2n) is 5.88. The summed E-state index contributed by atoms with van der Waals surface area (Å²) in [4.78, 5) is 4.39. The Bertz CT molecular complexity index is 643. The summed E-state index contributed by atoms with van der Waals surface area (Å²) >= 11 is 2.88. The van der Waals surface area contributed by atoms with E-state index in [4.69, 9.17) is 14.2 Å². The zero-order valence-electron chi connectivity index (χ0n) is 13.4. The summed E-state index contributed by atoms with van der Waals surface area (Å²) in [7, 11) is 0. The molecule has 2 heterocycles. The van der Waals surface area contributed by atoms with Gasteiger partial charge in [0, 0.05) is 17.3 Å². The van der Waals surface area contributed by atoms with Crippen molar-refractivity contribution in [1.29, 1.82) is 0 Å². The quantitative estimate of drug-likeness (QED) is 0.740. The lowest BCUT2D eigenvalue weighted by Crippen LogP contribution is -2.25. The van der Waals surface area contributed by atoms with Gasteiger partial charge < -0.3 is 14.2 Å². The smallest absolute Gasteiger partial charge is 0.294 e. The highest BCUT2D eigenvalue weighted by molar-refractivity contribution is 7.98. The van der Waals surface area contributed by atoms with Crippen LogP contribution in [-0.2, 0) is 15.2 Å². The molecule has 0 bridgehead atoms. The van der Waals surface area contributed by atoms with Crippen LogP contribution in [0.3, 0.4) is 0 Å². The highest BCUT2D eigenvalue weighted by Crippen LogP contribution is 2.26. The van der Waals surface area contributed by atoms with E-state index in [1.54, 1.807) is 11.8 Å². The van der Waals surface area contributed by atoms with Gasteiger partial charge in [-0.05, 0) is 26.3 Å². The number of aryl methyl sites for hydroxylation is 1. The van der Waals surface area contributed by atoms with Crippen molar-refractivity contribution in [3.8, 4) is 5.19 Å². The molecule has 2 aromatic rings. The first-order valence-corrected chi connectivity index (χ1v) is 9.23. The largest absolute Gasteiger partial charge is 0.466 e. The summed E-state index contributed by atoms with van der Waals surface area (Å²) in [6, 6.07) is 8.49. The maximum absolute atomic E-state index is 5.70. The Labute approximate surface area is 144 Å². The SMILES string of the molecule is Cc1ccc(CSc2nsc(OCC3COC(C)(C)O3)n2)cc1. The molecule has 5 nitrogen and oxygen atoms in total. The van der Waals surface area contributed by atoms with Gasteiger partial charge in [0.25, 0.3) is 5.19 Å². The van der Waals surface area contributed by atoms with E-state index in [0.29, 0.717) is 18.4 Å². The topological polar surface area (TPSA) is 53.5 Å². The van der Waals surface area contributed by atoms with Gasteiger partial charge in [-0.1, -0.05) is 41.6 Å². The number of hydrogen-bond acceptors (Lipinski definition) is 7. The number of aromatic nitrogens is 2. The molecular formula is C16H20N2O3S2. The van der Waals surface area contributed by atoms with Gasteiger partial charge in [-0.2, -0.15) is 9.36 Å². The molecule has 7 heteroatoms. The van der Waals surface area contributed by atoms with Crippen LogP contribution in [0.5, 0.6) is 5.19 Å². The van der Waals surface area contributed by atoms with Gasteiger partial charge >= 0.3 is 0 Å². The lowest BCUT2D eigenvalue weighted by Gasteiger charge is -2.16. The molecule has 124 valence electrons. The fraction of sp³-hybridized carbons (Fsp3) is 0.500. The zero-order valence-corrected chi connectivity index (χ0v) is 15.1. The van der Waals surface area contributed by atoms with Crippen LogP contribution in [-0.4, -0.2) is 34.5 Å². The molecule has 1 unspecified atom stereocenters. The van der Waals surface area contributed by atoms with E-state index in [1.807, 2.05) is 13.8 Å². The van der Waals surface area contributed by atoms with Gasteiger partial charge in [-0.3, -0.25) is 0 Å². The van der Waals surface area contributed by atoms with E-state index in [9.17, 15) is 0 Å². The van der Waals surface area contributed by atoms with Crippen LogP contribution in [0.4, 0.5) is 0 Å². The molecular weight excluding hydrogens is 332 g/mol. The van der Waals surface area contributed by atoms with E-state index < -0.39 is 5.79 Å². The standard InChI is InChI=1S/C16H20N2O3S2/c1-11-4-6-12(7-5-11)10-22-14-17-15(23-18-14)19-8-13-9-20-16(2,3)21-13/h4-7,13H,8-10H2,1-3H3. The molecule has 0 spiro atoms. The third-order valence-electron chi connectivity index (χ3n) is 3.34. The average Bonchev–Trinajstić information content (AvgIpc) is 3.11. The fourth-order valence-electron chi connectivity index (χ4n) is 2.16. The Hall–Kier alpha value is -1.15. The second kappa shape index (κ2) is 7.17. The third-order valence-corrected chi connectivity index (χ3v) is 5.00. The predicted octanol–water partition coefficient (Wildman–Crippen LogP) is 3.67. The van der Waals surface area contributed by atoms with E-state index in [2.05, 4.69) is 40.5 Å². The predicted molar refractivity (Wildman–Crippen MR) is 91.0 cm³/mol. The average molecular weight is 352 g/mol. The van der Waals surface area contributed by atoms with Gasteiger partial charge in [0.15, 0.2) is 5.79 Å². The molecule has 3 rings (SSSR count). The van der Waals surface area contributed by atoms with Crippen LogP contribution in [0.25, 0.3) is 0 Å². The molecule has 1 aliphatic rings. The normalized spacial score (nSPS) is 19.9. The first-order valence-electron chi connectivity index (χ1n) is 7.47. The van der Waals surface area contributed by atoms with E-state index in [0.717, 1.165) is 10.9 Å². The van der Waals surface area contributed by atoms with Gasteiger partial charge in [-0.15, -0.1) is 0 Å². The Morgan fingerprint density at radius 3 is 2.83 bits per heavy atom. The summed E-state index contributed by atoms with van der Waals surface area (Å²) in [5, 5.41) is 1.32. The van der Waals surface area contributed by atoms with Crippen molar-refractivity contribution in [3.63, 3.8) is 0 Å². The number of thioether (sulfide) groups is 1. The van der Waals surface area contributed by atoms with Crippen molar-refractivity contribution in [1.82, 2.24) is 9.36 Å². The summed E-state index contributed by atoms with van der Waals surface area (Å²) in [5.74, 6) is 0.328. The number of rotatable bonds is 6. The van der Waals surface area contributed by atoms with Gasteiger partial charge in [0.1, 0.15) is 12.7 Å². The van der Waals surface area contributed by atoms with Crippen LogP contribution in [0.15, 0.2) is 29.4 Å². The second-order valence-corrected chi connectivity index (χ2v) is 7.54.